The number of carbonyl (C=O) groups is 3. The standard InChI is InChI=1S/C25H25N3O5S/c1-2-21(23(29)27-22(24(30)31)11-15-12-26-14-34-15)28-25(32)33-13-20-18-9-5-3-7-16(18)17-8-4-6-10-19(17)20/h3-10,12,14,20-22H,2,11,13H2,1H3,(H,27,29)(H,28,32)(H,30,31)/t21-,22?/m1/s1. The van der Waals surface area contributed by atoms with Gasteiger partial charge in [-0.1, -0.05) is 55.5 Å². The zero-order valence-corrected chi connectivity index (χ0v) is 19.4. The lowest BCUT2D eigenvalue weighted by atomic mass is 9.98. The van der Waals surface area contributed by atoms with Crippen LogP contribution in [0.2, 0.25) is 0 Å². The highest BCUT2D eigenvalue weighted by atomic mass is 32.1. The number of hydrogen-bond donors (Lipinski definition) is 3. The van der Waals surface area contributed by atoms with Crippen LogP contribution in [0.4, 0.5) is 4.79 Å². The van der Waals surface area contributed by atoms with E-state index in [4.69, 9.17) is 4.74 Å². The van der Waals surface area contributed by atoms with Crippen LogP contribution in [-0.4, -0.2) is 46.8 Å². The molecule has 176 valence electrons. The second kappa shape index (κ2) is 10.5. The van der Waals surface area contributed by atoms with Gasteiger partial charge in [-0.2, -0.15) is 0 Å². The number of hydrogen-bond acceptors (Lipinski definition) is 6. The number of alkyl carbamates (subject to hydrolysis) is 1. The number of fused-ring (bicyclic) bond motifs is 3. The second-order valence-corrected chi connectivity index (χ2v) is 8.97. The van der Waals surface area contributed by atoms with Crippen molar-refractivity contribution in [2.24, 2.45) is 0 Å². The van der Waals surface area contributed by atoms with Gasteiger partial charge in [-0.05, 0) is 28.7 Å². The first kappa shape index (κ1) is 23.4. The van der Waals surface area contributed by atoms with E-state index in [-0.39, 0.29) is 25.4 Å². The highest BCUT2D eigenvalue weighted by Gasteiger charge is 2.30. The molecule has 4 rings (SSSR count). The first-order valence-corrected chi connectivity index (χ1v) is 11.9. The van der Waals surface area contributed by atoms with Gasteiger partial charge in [-0.3, -0.25) is 9.78 Å². The average Bonchev–Trinajstić information content (AvgIpc) is 3.46. The van der Waals surface area contributed by atoms with Gasteiger partial charge in [0, 0.05) is 23.4 Å². The van der Waals surface area contributed by atoms with Crippen LogP contribution >= 0.6 is 11.3 Å². The van der Waals surface area contributed by atoms with E-state index in [0.717, 1.165) is 27.1 Å². The van der Waals surface area contributed by atoms with Crippen LogP contribution in [0.15, 0.2) is 60.2 Å². The van der Waals surface area contributed by atoms with E-state index in [9.17, 15) is 19.5 Å². The largest absolute Gasteiger partial charge is 0.480 e. The third-order valence-electron chi connectivity index (χ3n) is 5.86. The lowest BCUT2D eigenvalue weighted by molar-refractivity contribution is -0.142. The Morgan fingerprint density at radius 3 is 2.24 bits per heavy atom. The molecule has 1 heterocycles. The molecular weight excluding hydrogens is 454 g/mol. The molecule has 9 heteroatoms. The molecule has 2 aromatic carbocycles. The van der Waals surface area contributed by atoms with Gasteiger partial charge in [0.2, 0.25) is 5.91 Å². The zero-order valence-electron chi connectivity index (χ0n) is 18.6. The molecule has 2 amide bonds. The Labute approximate surface area is 201 Å². The van der Waals surface area contributed by atoms with Crippen molar-refractivity contribution >= 4 is 29.3 Å². The van der Waals surface area contributed by atoms with E-state index >= 15 is 0 Å². The molecule has 1 unspecified atom stereocenters. The van der Waals surface area contributed by atoms with Crippen LogP contribution in [0.5, 0.6) is 0 Å². The summed E-state index contributed by atoms with van der Waals surface area (Å²) in [6, 6.07) is 14.0. The van der Waals surface area contributed by atoms with E-state index in [1.165, 1.54) is 11.3 Å². The fourth-order valence-corrected chi connectivity index (χ4v) is 4.79. The minimum atomic E-state index is -1.15. The zero-order chi connectivity index (χ0) is 24.1. The molecule has 0 spiro atoms. The van der Waals surface area contributed by atoms with Gasteiger partial charge in [0.05, 0.1) is 5.51 Å². The Hall–Kier alpha value is -3.72. The number of nitrogens with zero attached hydrogens (tertiary/aromatic N) is 1. The summed E-state index contributed by atoms with van der Waals surface area (Å²) in [6.45, 7) is 1.86. The van der Waals surface area contributed by atoms with Crippen molar-refractivity contribution in [3.05, 3.63) is 76.2 Å². The molecule has 0 bridgehead atoms. The third kappa shape index (κ3) is 5.09. The average molecular weight is 480 g/mol. The van der Waals surface area contributed by atoms with Gasteiger partial charge in [-0.15, -0.1) is 11.3 Å². The predicted octanol–water partition coefficient (Wildman–Crippen LogP) is 3.57. The summed E-state index contributed by atoms with van der Waals surface area (Å²) in [7, 11) is 0. The van der Waals surface area contributed by atoms with E-state index in [0.29, 0.717) is 0 Å². The van der Waals surface area contributed by atoms with E-state index in [1.807, 2.05) is 36.4 Å². The summed E-state index contributed by atoms with van der Waals surface area (Å²) in [5.41, 5.74) is 6.03. The molecule has 3 N–H and O–H groups in total. The third-order valence-corrected chi connectivity index (χ3v) is 6.67. The minimum Gasteiger partial charge on any atom is -0.480 e. The number of carboxylic acids is 1. The molecule has 0 saturated heterocycles. The van der Waals surface area contributed by atoms with Crippen LogP contribution in [0.25, 0.3) is 11.1 Å². The van der Waals surface area contributed by atoms with Crippen LogP contribution in [0, 0.1) is 0 Å². The molecular formula is C25H25N3O5S. The molecule has 1 aliphatic rings. The Morgan fingerprint density at radius 2 is 1.68 bits per heavy atom. The van der Waals surface area contributed by atoms with Crippen molar-refractivity contribution in [1.82, 2.24) is 15.6 Å². The number of carboxylic acid groups (broad SMARTS) is 1. The Bertz CT molecular complexity index is 1140. The van der Waals surface area contributed by atoms with Gasteiger partial charge in [0.15, 0.2) is 0 Å². The fourth-order valence-electron chi connectivity index (χ4n) is 4.15. The smallest absolute Gasteiger partial charge is 0.407 e. The number of nitrogens with one attached hydrogen (secondary N) is 2. The summed E-state index contributed by atoms with van der Waals surface area (Å²) in [6.07, 6.45) is 1.24. The van der Waals surface area contributed by atoms with E-state index in [1.54, 1.807) is 18.6 Å². The quantitative estimate of drug-likeness (QED) is 0.432. The monoisotopic (exact) mass is 479 g/mol. The van der Waals surface area contributed by atoms with Crippen LogP contribution in [0.3, 0.4) is 0 Å². The van der Waals surface area contributed by atoms with Crippen LogP contribution < -0.4 is 10.6 Å². The molecule has 1 aromatic heterocycles. The highest BCUT2D eigenvalue weighted by Crippen LogP contribution is 2.44. The summed E-state index contributed by atoms with van der Waals surface area (Å²) < 4.78 is 5.51. The van der Waals surface area contributed by atoms with Gasteiger partial charge in [-0.25, -0.2) is 9.59 Å². The molecule has 0 aliphatic heterocycles. The molecule has 8 nitrogen and oxygen atoms in total. The molecule has 1 aliphatic carbocycles. The second-order valence-electron chi connectivity index (χ2n) is 8.00. The molecule has 34 heavy (non-hydrogen) atoms. The lowest BCUT2D eigenvalue weighted by Crippen LogP contribution is -2.52. The number of amides is 2. The number of aromatic nitrogens is 1. The Kier molecular flexibility index (Phi) is 7.22. The molecule has 0 saturated carbocycles. The van der Waals surface area contributed by atoms with E-state index in [2.05, 4.69) is 27.8 Å². The maximum atomic E-state index is 12.7. The van der Waals surface area contributed by atoms with Gasteiger partial charge < -0.3 is 20.5 Å². The molecule has 3 aromatic rings. The van der Waals surface area contributed by atoms with Crippen molar-refractivity contribution in [2.45, 2.75) is 37.8 Å². The first-order chi connectivity index (χ1) is 16.5. The molecule has 0 radical (unpaired) electrons. The minimum absolute atomic E-state index is 0.0946. The normalized spacial score (nSPS) is 13.9. The Morgan fingerprint density at radius 1 is 1.03 bits per heavy atom. The van der Waals surface area contributed by atoms with Gasteiger partial charge in [0.25, 0.3) is 0 Å². The van der Waals surface area contributed by atoms with Crippen molar-refractivity contribution in [3.8, 4) is 11.1 Å². The fraction of sp³-hybridized carbons (Fsp3) is 0.280. The highest BCUT2D eigenvalue weighted by molar-refractivity contribution is 7.09. The summed E-state index contributed by atoms with van der Waals surface area (Å²) in [5, 5.41) is 14.6. The SMILES string of the molecule is CC[C@@H](NC(=O)OCC1c2ccccc2-c2ccccc21)C(=O)NC(Cc1cncs1)C(=O)O. The van der Waals surface area contributed by atoms with E-state index < -0.39 is 30.1 Å². The van der Waals surface area contributed by atoms with Crippen molar-refractivity contribution < 1.29 is 24.2 Å². The summed E-state index contributed by atoms with van der Waals surface area (Å²) >= 11 is 1.31. The maximum Gasteiger partial charge on any atom is 0.407 e. The van der Waals surface area contributed by atoms with Crippen LogP contribution in [0.1, 0.15) is 35.3 Å². The summed E-state index contributed by atoms with van der Waals surface area (Å²) in [4.78, 5) is 41.5. The summed E-state index contributed by atoms with van der Waals surface area (Å²) in [5.74, 6) is -1.83. The van der Waals surface area contributed by atoms with Crippen molar-refractivity contribution in [3.63, 3.8) is 0 Å². The maximum absolute atomic E-state index is 12.7. The molecule has 2 atom stereocenters. The number of aliphatic carboxylic acids is 1. The topological polar surface area (TPSA) is 118 Å². The van der Waals surface area contributed by atoms with Crippen molar-refractivity contribution in [1.29, 1.82) is 0 Å². The number of benzene rings is 2. The first-order valence-electron chi connectivity index (χ1n) is 11.0. The number of carbonyl (C=O) groups excluding carboxylic acids is 2. The lowest BCUT2D eigenvalue weighted by Gasteiger charge is -2.21. The van der Waals surface area contributed by atoms with Crippen LogP contribution in [-0.2, 0) is 20.7 Å². The number of thiazole rings is 1. The van der Waals surface area contributed by atoms with Gasteiger partial charge >= 0.3 is 12.1 Å². The number of ether oxygens (including phenoxy) is 1. The van der Waals surface area contributed by atoms with Gasteiger partial charge in [0.1, 0.15) is 18.7 Å². The Balaban J connectivity index is 1.36. The van der Waals surface area contributed by atoms with Crippen molar-refractivity contribution in [2.75, 3.05) is 6.61 Å². The number of rotatable bonds is 9. The molecule has 0 fully saturated rings. The predicted molar refractivity (Wildman–Crippen MR) is 128 cm³/mol.